The number of phosphoric acid groups is 2. The van der Waals surface area contributed by atoms with Crippen molar-refractivity contribution in [2.75, 3.05) is 39.6 Å². The van der Waals surface area contributed by atoms with Crippen LogP contribution in [0.25, 0.3) is 0 Å². The molecule has 0 fully saturated rings. The first kappa shape index (κ1) is 90.1. The lowest BCUT2D eigenvalue weighted by molar-refractivity contribution is -0.161. The van der Waals surface area contributed by atoms with Gasteiger partial charge in [0.05, 0.1) is 26.4 Å². The highest BCUT2D eigenvalue weighted by molar-refractivity contribution is 7.47. The normalized spacial score (nSPS) is 14.2. The number of hydrogen-bond acceptors (Lipinski definition) is 15. The second kappa shape index (κ2) is 62.6. The second-order valence-electron chi connectivity index (χ2n) is 28.2. The number of unbranched alkanes of at least 4 members (excludes halogenated alkanes) is 36. The fourth-order valence-electron chi connectivity index (χ4n) is 11.0. The molecule has 0 bridgehead atoms. The average molecular weight is 1350 g/mol. The topological polar surface area (TPSA) is 237 Å². The minimum atomic E-state index is -4.96. The molecule has 19 heteroatoms. The van der Waals surface area contributed by atoms with Crippen LogP contribution in [0, 0.1) is 23.7 Å². The van der Waals surface area contributed by atoms with Gasteiger partial charge in [-0.05, 0) is 49.4 Å². The quantitative estimate of drug-likeness (QED) is 0.0222. The first-order valence-corrected chi connectivity index (χ1v) is 40.7. The molecule has 3 N–H and O–H groups in total. The van der Waals surface area contributed by atoms with E-state index in [0.29, 0.717) is 31.6 Å². The van der Waals surface area contributed by atoms with E-state index in [0.717, 1.165) is 114 Å². The monoisotopic (exact) mass is 1350 g/mol. The summed E-state index contributed by atoms with van der Waals surface area (Å²) < 4.78 is 68.4. The first-order chi connectivity index (χ1) is 44.1. The van der Waals surface area contributed by atoms with Gasteiger partial charge in [0.25, 0.3) is 0 Å². The summed E-state index contributed by atoms with van der Waals surface area (Å²) in [7, 11) is -9.91. The van der Waals surface area contributed by atoms with Gasteiger partial charge in [-0.2, -0.15) is 0 Å². The molecule has 0 heterocycles. The van der Waals surface area contributed by atoms with E-state index in [1.54, 1.807) is 0 Å². The summed E-state index contributed by atoms with van der Waals surface area (Å²) in [6.45, 7) is 14.1. The maximum absolute atomic E-state index is 13.1. The largest absolute Gasteiger partial charge is 0.472 e. The molecule has 0 saturated heterocycles. The predicted molar refractivity (Wildman–Crippen MR) is 372 cm³/mol. The molecule has 0 aliphatic heterocycles. The van der Waals surface area contributed by atoms with Crippen molar-refractivity contribution in [3.05, 3.63) is 0 Å². The summed E-state index contributed by atoms with van der Waals surface area (Å²) in [6.07, 6.45) is 45.9. The van der Waals surface area contributed by atoms with Crippen LogP contribution in [-0.4, -0.2) is 96.7 Å². The molecular formula is C73H142O17P2. The molecule has 0 rings (SSSR count). The molecule has 0 aromatic rings. The zero-order valence-electron chi connectivity index (χ0n) is 60.2. The summed E-state index contributed by atoms with van der Waals surface area (Å²) in [5.41, 5.74) is 0. The number of rotatable bonds is 70. The molecule has 17 nitrogen and oxygen atoms in total. The molecule has 0 radical (unpaired) electrons. The highest BCUT2D eigenvalue weighted by Crippen LogP contribution is 2.45. The van der Waals surface area contributed by atoms with Crippen LogP contribution in [-0.2, 0) is 65.4 Å². The van der Waals surface area contributed by atoms with Crippen LogP contribution < -0.4 is 0 Å². The zero-order chi connectivity index (χ0) is 68.2. The lowest BCUT2D eigenvalue weighted by Gasteiger charge is -2.21. The van der Waals surface area contributed by atoms with E-state index in [2.05, 4.69) is 55.4 Å². The van der Waals surface area contributed by atoms with Gasteiger partial charge in [-0.3, -0.25) is 37.3 Å². The van der Waals surface area contributed by atoms with Crippen molar-refractivity contribution in [3.63, 3.8) is 0 Å². The Morgan fingerprint density at radius 1 is 0.272 bits per heavy atom. The average Bonchev–Trinajstić information content (AvgIpc) is 2.14. The van der Waals surface area contributed by atoms with Gasteiger partial charge >= 0.3 is 39.5 Å². The molecule has 0 spiro atoms. The van der Waals surface area contributed by atoms with Crippen molar-refractivity contribution in [1.82, 2.24) is 0 Å². The Morgan fingerprint density at radius 3 is 0.674 bits per heavy atom. The van der Waals surface area contributed by atoms with Crippen molar-refractivity contribution in [3.8, 4) is 0 Å². The molecule has 92 heavy (non-hydrogen) atoms. The van der Waals surface area contributed by atoms with E-state index in [1.807, 2.05) is 0 Å². The van der Waals surface area contributed by atoms with Crippen LogP contribution in [0.1, 0.15) is 364 Å². The van der Waals surface area contributed by atoms with Gasteiger partial charge in [0.15, 0.2) is 12.2 Å². The molecule has 0 amide bonds. The lowest BCUT2D eigenvalue weighted by Crippen LogP contribution is -2.30. The van der Waals surface area contributed by atoms with Crippen LogP contribution in [0.15, 0.2) is 0 Å². The molecule has 0 aromatic heterocycles. The molecule has 0 aliphatic rings. The Balaban J connectivity index is 5.25. The van der Waals surface area contributed by atoms with Crippen LogP contribution in [0.5, 0.6) is 0 Å². The fourth-order valence-corrected chi connectivity index (χ4v) is 12.6. The first-order valence-electron chi connectivity index (χ1n) is 37.7. The van der Waals surface area contributed by atoms with Crippen molar-refractivity contribution in [1.29, 1.82) is 0 Å². The Labute approximate surface area is 562 Å². The maximum Gasteiger partial charge on any atom is 0.472 e. The number of carbonyl (C=O) groups excluding carboxylic acids is 4. The van der Waals surface area contributed by atoms with Gasteiger partial charge in [0, 0.05) is 25.7 Å². The number of phosphoric ester groups is 2. The van der Waals surface area contributed by atoms with Gasteiger partial charge < -0.3 is 33.8 Å². The minimum absolute atomic E-state index is 0.104. The van der Waals surface area contributed by atoms with Crippen LogP contribution in [0.3, 0.4) is 0 Å². The number of esters is 4. The van der Waals surface area contributed by atoms with Crippen LogP contribution in [0.4, 0.5) is 0 Å². The molecule has 2 unspecified atom stereocenters. The molecule has 0 aliphatic carbocycles. The molecule has 5 atom stereocenters. The van der Waals surface area contributed by atoms with E-state index in [9.17, 15) is 43.2 Å². The summed E-state index contributed by atoms with van der Waals surface area (Å²) in [6, 6.07) is 0. The number of aliphatic hydroxyl groups excluding tert-OH is 1. The Kier molecular flexibility index (Phi) is 61.3. The van der Waals surface area contributed by atoms with Crippen molar-refractivity contribution in [2.45, 2.75) is 382 Å². The number of carbonyl (C=O) groups is 4. The third-order valence-corrected chi connectivity index (χ3v) is 18.7. The number of aliphatic hydroxyl groups is 1. The molecule has 546 valence electrons. The fraction of sp³-hybridized carbons (Fsp3) is 0.945. The van der Waals surface area contributed by atoms with Crippen LogP contribution in [0.2, 0.25) is 0 Å². The summed E-state index contributed by atoms with van der Waals surface area (Å²) >= 11 is 0. The van der Waals surface area contributed by atoms with E-state index in [4.69, 9.17) is 37.0 Å². The van der Waals surface area contributed by atoms with Gasteiger partial charge in [-0.25, -0.2) is 9.13 Å². The Morgan fingerprint density at radius 2 is 0.457 bits per heavy atom. The third-order valence-electron chi connectivity index (χ3n) is 16.8. The molecule has 0 saturated carbocycles. The van der Waals surface area contributed by atoms with Crippen molar-refractivity contribution < 1.29 is 80.2 Å². The molecule has 0 aromatic carbocycles. The van der Waals surface area contributed by atoms with Gasteiger partial charge in [-0.1, -0.05) is 312 Å². The van der Waals surface area contributed by atoms with Crippen molar-refractivity contribution in [2.24, 2.45) is 23.7 Å². The Hall–Kier alpha value is -1.94. The highest BCUT2D eigenvalue weighted by Gasteiger charge is 2.30. The van der Waals surface area contributed by atoms with Gasteiger partial charge in [0.1, 0.15) is 19.3 Å². The maximum atomic E-state index is 13.1. The number of hydrogen-bond donors (Lipinski definition) is 3. The SMILES string of the molecule is CC(C)CCCCCCCCCCCCCCCC(=O)O[C@H](COC(=O)CCCCCCCCCCCCCCC(C)C)COP(=O)(O)OC[C@@H](O)COP(=O)(O)OC[C@@H](COC(=O)CCCCCCCCC(C)C)OC(=O)CCCCCCCCCCCC(C)C. The smallest absolute Gasteiger partial charge is 0.462 e. The second-order valence-corrected chi connectivity index (χ2v) is 31.1. The zero-order valence-corrected chi connectivity index (χ0v) is 62.0. The summed E-state index contributed by atoms with van der Waals surface area (Å²) in [4.78, 5) is 72.6. The van der Waals surface area contributed by atoms with Gasteiger partial charge in [-0.15, -0.1) is 0 Å². The predicted octanol–water partition coefficient (Wildman–Crippen LogP) is 20.9. The summed E-state index contributed by atoms with van der Waals surface area (Å²) in [5, 5.41) is 10.6. The summed E-state index contributed by atoms with van der Waals surface area (Å²) in [5.74, 6) is 0.858. The number of ether oxygens (including phenoxy) is 4. The van der Waals surface area contributed by atoms with E-state index < -0.39 is 97.5 Å². The van der Waals surface area contributed by atoms with E-state index in [1.165, 1.54) is 161 Å². The standard InChI is InChI=1S/C73H142O17P2/c1-63(2)49-41-33-25-19-14-10-9-11-17-23-29-39-47-55-72(77)89-68(59-83-70(75)53-45-37-28-22-16-13-12-15-20-26-34-42-50-64(3)4)61-87-91(79,80)85-57-67(74)58-86-92(81,82)88-62-69(60-84-71(76)54-46-38-32-31-36-44-52-66(7)8)90-73(78)56-48-40-30-24-18-21-27-35-43-51-65(5)6/h63-69,74H,9-62H2,1-8H3,(H,79,80)(H,81,82)/t67-,68-,69-/m1/s1. The van der Waals surface area contributed by atoms with Crippen LogP contribution >= 0.6 is 15.6 Å². The Bertz CT molecular complexity index is 1820. The minimum Gasteiger partial charge on any atom is -0.462 e. The van der Waals surface area contributed by atoms with E-state index in [-0.39, 0.29) is 25.7 Å². The van der Waals surface area contributed by atoms with E-state index >= 15 is 0 Å². The lowest BCUT2D eigenvalue weighted by atomic mass is 10.0. The highest BCUT2D eigenvalue weighted by atomic mass is 31.2. The third kappa shape index (κ3) is 66.7. The molecular weight excluding hydrogens is 1210 g/mol. The van der Waals surface area contributed by atoms with Gasteiger partial charge in [0.2, 0.25) is 0 Å². The van der Waals surface area contributed by atoms with Crippen molar-refractivity contribution >= 4 is 39.5 Å².